The van der Waals surface area contributed by atoms with Gasteiger partial charge in [0.25, 0.3) is 0 Å². The molecule has 0 radical (unpaired) electrons. The van der Waals surface area contributed by atoms with Crippen LogP contribution in [0.3, 0.4) is 0 Å². The molecule has 0 fully saturated rings. The molecular weight excluding hydrogens is 452 g/mol. The molecule has 0 aliphatic heterocycles. The smallest absolute Gasteiger partial charge is 0.335 e. The van der Waals surface area contributed by atoms with Crippen molar-refractivity contribution in [3.05, 3.63) is 88.6 Å². The Balaban J connectivity index is 1.69. The molecule has 0 amide bonds. The number of nitrogens with one attached hydrogen (secondary N) is 1. The Kier molecular flexibility index (Phi) is 6.03. The van der Waals surface area contributed by atoms with Gasteiger partial charge in [-0.15, -0.1) is 0 Å². The SMILES string of the molecule is COc1ccc(C(=O)C(C)(N)c2[nH]c3cc(C(=O)O)ccc3c2-c2c#cc3c(c2)CCCCC3)cc1. The number of rotatable bonds is 6. The van der Waals surface area contributed by atoms with Crippen LogP contribution in [0.5, 0.6) is 5.75 Å². The Labute approximate surface area is 210 Å². The van der Waals surface area contributed by atoms with Crippen molar-refractivity contribution in [1.29, 1.82) is 0 Å². The Bertz CT molecular complexity index is 1460. The highest BCUT2D eigenvalue weighted by molar-refractivity contribution is 6.08. The van der Waals surface area contributed by atoms with Crippen LogP contribution >= 0.6 is 0 Å². The maximum Gasteiger partial charge on any atom is 0.335 e. The first kappa shape index (κ1) is 23.7. The molecule has 6 heteroatoms. The third kappa shape index (κ3) is 4.12. The van der Waals surface area contributed by atoms with Crippen molar-refractivity contribution in [1.82, 2.24) is 4.98 Å². The van der Waals surface area contributed by atoms with Crippen LogP contribution < -0.4 is 10.5 Å². The van der Waals surface area contributed by atoms with E-state index in [1.807, 2.05) is 0 Å². The molecule has 4 aromatic rings. The molecule has 6 nitrogen and oxygen atoms in total. The molecule has 0 spiro atoms. The standard InChI is InChI=1S/C30H28N2O4/c1-30(31,28(33)19-10-13-23(36-2)14-11-19)27-26(24-15-12-22(29(34)35)17-25(24)32-27)21-9-8-18-6-4-3-5-7-20(18)16-21/h10-17,32H,3-7,31H2,1-2H3,(H,34,35). The first-order chi connectivity index (χ1) is 17.3. The van der Waals surface area contributed by atoms with Gasteiger partial charge in [0.2, 0.25) is 0 Å². The van der Waals surface area contributed by atoms with Crippen molar-refractivity contribution in [2.45, 2.75) is 44.6 Å². The fourth-order valence-corrected chi connectivity index (χ4v) is 5.05. The van der Waals surface area contributed by atoms with E-state index in [2.05, 4.69) is 23.2 Å². The van der Waals surface area contributed by atoms with Crippen molar-refractivity contribution in [3.8, 4) is 16.9 Å². The van der Waals surface area contributed by atoms with Crippen molar-refractivity contribution < 1.29 is 19.4 Å². The minimum Gasteiger partial charge on any atom is -0.497 e. The highest BCUT2D eigenvalue weighted by Gasteiger charge is 2.36. The minimum atomic E-state index is -1.42. The molecule has 182 valence electrons. The predicted molar refractivity (Wildman–Crippen MR) is 138 cm³/mol. The van der Waals surface area contributed by atoms with Crippen LogP contribution in [0, 0.1) is 12.1 Å². The summed E-state index contributed by atoms with van der Waals surface area (Å²) < 4.78 is 5.22. The van der Waals surface area contributed by atoms with Gasteiger partial charge in [0.05, 0.1) is 18.4 Å². The highest BCUT2D eigenvalue weighted by atomic mass is 16.5. The van der Waals surface area contributed by atoms with Crippen LogP contribution in [0.15, 0.2) is 48.5 Å². The average Bonchev–Trinajstić information content (AvgIpc) is 3.12. The summed E-state index contributed by atoms with van der Waals surface area (Å²) in [4.78, 5) is 28.6. The van der Waals surface area contributed by atoms with Gasteiger partial charge < -0.3 is 20.6 Å². The van der Waals surface area contributed by atoms with Gasteiger partial charge in [0.1, 0.15) is 11.3 Å². The van der Waals surface area contributed by atoms with E-state index in [1.54, 1.807) is 56.5 Å². The van der Waals surface area contributed by atoms with E-state index in [4.69, 9.17) is 10.5 Å². The lowest BCUT2D eigenvalue weighted by Gasteiger charge is -2.24. The van der Waals surface area contributed by atoms with Crippen LogP contribution in [-0.4, -0.2) is 29.0 Å². The fraction of sp³-hybridized carbons (Fsp3) is 0.267. The lowest BCUT2D eigenvalue weighted by Crippen LogP contribution is -2.42. The van der Waals surface area contributed by atoms with E-state index < -0.39 is 11.5 Å². The van der Waals surface area contributed by atoms with Gasteiger partial charge in [-0.2, -0.15) is 0 Å². The number of ether oxygens (including phenoxy) is 1. The van der Waals surface area contributed by atoms with Crippen LogP contribution in [0.2, 0.25) is 0 Å². The highest BCUT2D eigenvalue weighted by Crippen LogP contribution is 2.39. The van der Waals surface area contributed by atoms with Gasteiger partial charge in [0, 0.05) is 33.2 Å². The number of carbonyl (C=O) groups excluding carboxylic acids is 1. The summed E-state index contributed by atoms with van der Waals surface area (Å²) >= 11 is 0. The molecule has 36 heavy (non-hydrogen) atoms. The molecule has 0 saturated heterocycles. The molecule has 0 saturated carbocycles. The van der Waals surface area contributed by atoms with Gasteiger partial charge in [-0.3, -0.25) is 4.79 Å². The number of carboxylic acid groups (broad SMARTS) is 1. The van der Waals surface area contributed by atoms with Crippen LogP contribution in [0.1, 0.15) is 63.7 Å². The maximum atomic E-state index is 13.7. The average molecular weight is 481 g/mol. The van der Waals surface area contributed by atoms with Crippen molar-refractivity contribution in [2.24, 2.45) is 5.73 Å². The summed E-state index contributed by atoms with van der Waals surface area (Å²) in [5.74, 6) is -0.646. The van der Waals surface area contributed by atoms with E-state index in [-0.39, 0.29) is 11.3 Å². The van der Waals surface area contributed by atoms with E-state index in [0.29, 0.717) is 22.5 Å². The Morgan fingerprint density at radius 1 is 1.00 bits per heavy atom. The molecule has 4 N–H and O–H groups in total. The number of aromatic nitrogens is 1. The first-order valence-corrected chi connectivity index (χ1v) is 12.1. The molecule has 1 unspecified atom stereocenters. The molecular formula is C30H28N2O4. The second-order valence-corrected chi connectivity index (χ2v) is 9.57. The van der Waals surface area contributed by atoms with Crippen LogP contribution in [-0.2, 0) is 18.4 Å². The number of benzene rings is 2. The number of methoxy groups -OCH3 is 1. The Hall–Kier alpha value is -4.08. The topological polar surface area (TPSA) is 105 Å². The number of hydrogen-bond acceptors (Lipinski definition) is 4. The third-order valence-electron chi connectivity index (χ3n) is 7.09. The largest absolute Gasteiger partial charge is 0.497 e. The summed E-state index contributed by atoms with van der Waals surface area (Å²) in [6.45, 7) is 1.68. The third-order valence-corrected chi connectivity index (χ3v) is 7.09. The molecule has 0 bridgehead atoms. The molecule has 1 aromatic heterocycles. The quantitative estimate of drug-likeness (QED) is 0.251. The van der Waals surface area contributed by atoms with Gasteiger partial charge in [0.15, 0.2) is 5.78 Å². The summed E-state index contributed by atoms with van der Waals surface area (Å²) in [7, 11) is 1.57. The molecule has 1 aliphatic rings. The molecule has 1 atom stereocenters. The summed E-state index contributed by atoms with van der Waals surface area (Å²) in [6.07, 6.45) is 5.41. The van der Waals surface area contributed by atoms with E-state index in [1.165, 1.54) is 17.5 Å². The molecule has 3 aromatic carbocycles. The summed E-state index contributed by atoms with van der Waals surface area (Å²) in [5.41, 5.74) is 11.1. The monoisotopic (exact) mass is 480 g/mol. The second-order valence-electron chi connectivity index (χ2n) is 9.57. The van der Waals surface area contributed by atoms with Crippen molar-refractivity contribution in [3.63, 3.8) is 0 Å². The van der Waals surface area contributed by atoms with Gasteiger partial charge in [-0.05, 0) is 80.6 Å². The van der Waals surface area contributed by atoms with Crippen molar-refractivity contribution in [2.75, 3.05) is 7.11 Å². The number of nitrogens with two attached hydrogens (primary N) is 1. The maximum absolute atomic E-state index is 13.7. The van der Waals surface area contributed by atoms with E-state index in [0.717, 1.165) is 42.2 Å². The molecule has 5 rings (SSSR count). The number of carbonyl (C=O) groups is 2. The zero-order valence-corrected chi connectivity index (χ0v) is 20.4. The summed E-state index contributed by atoms with van der Waals surface area (Å²) in [5, 5.41) is 10.3. The summed E-state index contributed by atoms with van der Waals surface area (Å²) in [6, 6.07) is 20.6. The Morgan fingerprint density at radius 2 is 1.72 bits per heavy atom. The second kappa shape index (κ2) is 9.18. The Morgan fingerprint density at radius 3 is 2.44 bits per heavy atom. The lowest BCUT2D eigenvalue weighted by molar-refractivity contribution is 0.0696. The number of aryl methyl sites for hydroxylation is 1. The number of hydrogen-bond donors (Lipinski definition) is 3. The van der Waals surface area contributed by atoms with Crippen molar-refractivity contribution >= 4 is 22.7 Å². The number of Topliss-reactive ketones (excluding diaryl/α,β-unsaturated/α-hetero) is 1. The minimum absolute atomic E-state index is 0.152. The van der Waals surface area contributed by atoms with E-state index in [9.17, 15) is 14.7 Å². The zero-order valence-electron chi connectivity index (χ0n) is 20.4. The number of carboxylic acids is 1. The fourth-order valence-electron chi connectivity index (χ4n) is 5.05. The first-order valence-electron chi connectivity index (χ1n) is 12.1. The predicted octanol–water partition coefficient (Wildman–Crippen LogP) is 5.47. The van der Waals surface area contributed by atoms with Gasteiger partial charge in [-0.25, -0.2) is 4.79 Å². The normalized spacial score (nSPS) is 14.9. The van der Waals surface area contributed by atoms with Gasteiger partial charge >= 0.3 is 5.97 Å². The number of aromatic amines is 1. The van der Waals surface area contributed by atoms with Crippen LogP contribution in [0.25, 0.3) is 22.0 Å². The van der Waals surface area contributed by atoms with E-state index >= 15 is 0 Å². The molecule has 1 heterocycles. The lowest BCUT2D eigenvalue weighted by atomic mass is 9.84. The number of H-pyrrole nitrogens is 1. The molecule has 1 aliphatic carbocycles. The number of aromatic carboxylic acids is 1. The zero-order chi connectivity index (χ0) is 25.4. The number of fused-ring (bicyclic) bond motifs is 2. The van der Waals surface area contributed by atoms with Gasteiger partial charge in [-0.1, -0.05) is 24.6 Å². The number of ketones is 1. The van der Waals surface area contributed by atoms with Crippen LogP contribution in [0.4, 0.5) is 0 Å².